The van der Waals surface area contributed by atoms with Crippen molar-refractivity contribution < 1.29 is 24.5 Å². The summed E-state index contributed by atoms with van der Waals surface area (Å²) < 4.78 is 6.62. The molecular formula is C22H17Cl2N3O5. The molecule has 0 aliphatic carbocycles. The highest BCUT2D eigenvalue weighted by atomic mass is 35.5. The molecule has 2 N–H and O–H groups in total. The van der Waals surface area contributed by atoms with Crippen molar-refractivity contribution >= 4 is 46.9 Å². The first kappa shape index (κ1) is 21.7. The van der Waals surface area contributed by atoms with E-state index in [1.54, 1.807) is 37.5 Å². The number of hydrogen-bond acceptors (Lipinski definition) is 4. The summed E-state index contributed by atoms with van der Waals surface area (Å²) in [5.41, 5.74) is 2.33. The standard InChI is InChI=1S/C22H17Cl2N3O5/c1-32-15-5-2-12(3-6-15)8-13-10-26(22(30)31)11-16-19(21(28)29)25-27(20(13)16)18-7-4-14(23)9-17(18)24/h2-9H,10-11H2,1H3,(H,28,29)(H,30,31)/b13-8+. The highest BCUT2D eigenvalue weighted by molar-refractivity contribution is 6.35. The molecule has 1 amide bonds. The lowest BCUT2D eigenvalue weighted by molar-refractivity contribution is 0.0686. The molecule has 2 heterocycles. The largest absolute Gasteiger partial charge is 0.497 e. The maximum absolute atomic E-state index is 11.9. The van der Waals surface area contributed by atoms with Crippen molar-refractivity contribution in [3.05, 3.63) is 75.0 Å². The van der Waals surface area contributed by atoms with Gasteiger partial charge in [-0.25, -0.2) is 14.3 Å². The van der Waals surface area contributed by atoms with E-state index in [4.69, 9.17) is 27.9 Å². The molecule has 10 heteroatoms. The van der Waals surface area contributed by atoms with Crippen LogP contribution in [0, 0.1) is 0 Å². The Balaban J connectivity index is 1.96. The van der Waals surface area contributed by atoms with Gasteiger partial charge in [-0.15, -0.1) is 0 Å². The highest BCUT2D eigenvalue weighted by Gasteiger charge is 2.33. The van der Waals surface area contributed by atoms with Crippen LogP contribution in [0.2, 0.25) is 10.0 Å². The summed E-state index contributed by atoms with van der Waals surface area (Å²) in [7, 11) is 1.56. The highest BCUT2D eigenvalue weighted by Crippen LogP contribution is 2.36. The van der Waals surface area contributed by atoms with E-state index >= 15 is 0 Å². The summed E-state index contributed by atoms with van der Waals surface area (Å²) in [6, 6.07) is 12.0. The van der Waals surface area contributed by atoms with E-state index in [9.17, 15) is 19.8 Å². The number of rotatable bonds is 4. The Bertz CT molecular complexity index is 1250. The topological polar surface area (TPSA) is 105 Å². The minimum absolute atomic E-state index is 0.0460. The van der Waals surface area contributed by atoms with Gasteiger partial charge in [0.25, 0.3) is 0 Å². The van der Waals surface area contributed by atoms with Gasteiger partial charge in [0.2, 0.25) is 0 Å². The fourth-order valence-corrected chi connectivity index (χ4v) is 4.10. The van der Waals surface area contributed by atoms with E-state index in [2.05, 4.69) is 5.10 Å². The molecule has 0 bridgehead atoms. The molecular weight excluding hydrogens is 457 g/mol. The number of amides is 1. The molecule has 0 radical (unpaired) electrons. The third-order valence-corrected chi connectivity index (χ3v) is 5.60. The third kappa shape index (κ3) is 4.02. The summed E-state index contributed by atoms with van der Waals surface area (Å²) in [6.45, 7) is -0.0677. The number of aromatic carboxylic acids is 1. The van der Waals surface area contributed by atoms with Crippen molar-refractivity contribution in [2.75, 3.05) is 13.7 Å². The number of carbonyl (C=O) groups is 2. The van der Waals surface area contributed by atoms with Crippen LogP contribution in [0.15, 0.2) is 42.5 Å². The predicted molar refractivity (Wildman–Crippen MR) is 120 cm³/mol. The van der Waals surface area contributed by atoms with Crippen molar-refractivity contribution in [3.63, 3.8) is 0 Å². The molecule has 0 fully saturated rings. The molecule has 1 aromatic heterocycles. The predicted octanol–water partition coefficient (Wildman–Crippen LogP) is 4.92. The van der Waals surface area contributed by atoms with Gasteiger partial charge < -0.3 is 14.9 Å². The van der Waals surface area contributed by atoms with E-state index in [0.29, 0.717) is 27.7 Å². The lowest BCUT2D eigenvalue weighted by Crippen LogP contribution is -2.35. The second-order valence-electron chi connectivity index (χ2n) is 7.07. The van der Waals surface area contributed by atoms with Gasteiger partial charge in [-0.3, -0.25) is 4.90 Å². The normalized spacial score (nSPS) is 14.3. The van der Waals surface area contributed by atoms with Gasteiger partial charge in [0, 0.05) is 10.6 Å². The fourth-order valence-electron chi connectivity index (χ4n) is 3.61. The van der Waals surface area contributed by atoms with E-state index in [1.807, 2.05) is 12.1 Å². The van der Waals surface area contributed by atoms with Crippen molar-refractivity contribution in [1.29, 1.82) is 0 Å². The molecule has 1 aliphatic heterocycles. The Morgan fingerprint density at radius 2 is 1.81 bits per heavy atom. The Kier molecular flexibility index (Phi) is 5.82. The number of halogens is 2. The van der Waals surface area contributed by atoms with Gasteiger partial charge >= 0.3 is 12.1 Å². The third-order valence-electron chi connectivity index (χ3n) is 5.07. The molecule has 2 aromatic carbocycles. The van der Waals surface area contributed by atoms with Crippen LogP contribution in [0.3, 0.4) is 0 Å². The van der Waals surface area contributed by atoms with Crippen LogP contribution in [-0.4, -0.2) is 50.6 Å². The SMILES string of the molecule is COc1ccc(/C=C2\CN(C(=O)O)Cc3c(C(=O)O)nn(-c4ccc(Cl)cc4Cl)c32)cc1. The van der Waals surface area contributed by atoms with E-state index in [-0.39, 0.29) is 29.4 Å². The summed E-state index contributed by atoms with van der Waals surface area (Å²) in [5.74, 6) is -0.587. The number of aromatic nitrogens is 2. The van der Waals surface area contributed by atoms with Crippen LogP contribution in [-0.2, 0) is 6.54 Å². The zero-order valence-corrected chi connectivity index (χ0v) is 18.3. The number of nitrogens with zero attached hydrogens (tertiary/aromatic N) is 3. The fraction of sp³-hybridized carbons (Fsp3) is 0.136. The molecule has 32 heavy (non-hydrogen) atoms. The van der Waals surface area contributed by atoms with Crippen molar-refractivity contribution in [2.45, 2.75) is 6.54 Å². The first-order valence-corrected chi connectivity index (χ1v) is 10.2. The number of ether oxygens (including phenoxy) is 1. The Morgan fingerprint density at radius 3 is 2.41 bits per heavy atom. The van der Waals surface area contributed by atoms with Gasteiger partial charge in [-0.2, -0.15) is 5.10 Å². The monoisotopic (exact) mass is 473 g/mol. The average molecular weight is 474 g/mol. The Hall–Kier alpha value is -3.49. The van der Waals surface area contributed by atoms with Crippen LogP contribution in [0.5, 0.6) is 5.75 Å². The number of fused-ring (bicyclic) bond motifs is 1. The molecule has 8 nitrogen and oxygen atoms in total. The van der Waals surface area contributed by atoms with Crippen LogP contribution < -0.4 is 4.74 Å². The molecule has 164 valence electrons. The quantitative estimate of drug-likeness (QED) is 0.556. The molecule has 0 saturated carbocycles. The zero-order chi connectivity index (χ0) is 23.0. The Labute approximate surface area is 192 Å². The van der Waals surface area contributed by atoms with Gasteiger partial charge in [-0.05, 0) is 47.5 Å². The van der Waals surface area contributed by atoms with E-state index in [0.717, 1.165) is 10.5 Å². The van der Waals surface area contributed by atoms with Crippen LogP contribution in [0.4, 0.5) is 4.79 Å². The molecule has 3 aromatic rings. The minimum atomic E-state index is -1.26. The number of carboxylic acids is 1. The second kappa shape index (κ2) is 8.57. The van der Waals surface area contributed by atoms with Gasteiger partial charge in [0.1, 0.15) is 5.75 Å². The first-order chi connectivity index (χ1) is 15.3. The molecule has 0 atom stereocenters. The molecule has 1 aliphatic rings. The van der Waals surface area contributed by atoms with Gasteiger partial charge in [0.05, 0.1) is 36.6 Å². The number of carboxylic acid groups (broad SMARTS) is 2. The number of methoxy groups -OCH3 is 1. The summed E-state index contributed by atoms with van der Waals surface area (Å²) in [4.78, 5) is 24.8. The summed E-state index contributed by atoms with van der Waals surface area (Å²) >= 11 is 12.4. The number of benzene rings is 2. The molecule has 0 unspecified atom stereocenters. The van der Waals surface area contributed by atoms with Crippen LogP contribution >= 0.6 is 23.2 Å². The summed E-state index contributed by atoms with van der Waals surface area (Å²) in [6.07, 6.45) is 0.631. The van der Waals surface area contributed by atoms with E-state index < -0.39 is 12.1 Å². The van der Waals surface area contributed by atoms with Gasteiger partial charge in [0.15, 0.2) is 5.69 Å². The maximum atomic E-state index is 11.9. The van der Waals surface area contributed by atoms with Crippen molar-refractivity contribution in [3.8, 4) is 11.4 Å². The van der Waals surface area contributed by atoms with Gasteiger partial charge in [-0.1, -0.05) is 35.3 Å². The second-order valence-corrected chi connectivity index (χ2v) is 7.91. The first-order valence-electron chi connectivity index (χ1n) is 9.42. The average Bonchev–Trinajstić information content (AvgIpc) is 3.14. The lowest BCUT2D eigenvalue weighted by atomic mass is 9.98. The van der Waals surface area contributed by atoms with Crippen LogP contribution in [0.25, 0.3) is 17.3 Å². The van der Waals surface area contributed by atoms with E-state index in [1.165, 1.54) is 10.7 Å². The molecule has 4 rings (SSSR count). The van der Waals surface area contributed by atoms with Crippen molar-refractivity contribution in [2.24, 2.45) is 0 Å². The van der Waals surface area contributed by atoms with Crippen molar-refractivity contribution in [1.82, 2.24) is 14.7 Å². The summed E-state index contributed by atoms with van der Waals surface area (Å²) in [5, 5.41) is 24.3. The molecule has 0 spiro atoms. The molecule has 0 saturated heterocycles. The number of hydrogen-bond donors (Lipinski definition) is 2. The smallest absolute Gasteiger partial charge is 0.407 e. The minimum Gasteiger partial charge on any atom is -0.497 e. The van der Waals surface area contributed by atoms with Crippen LogP contribution in [0.1, 0.15) is 27.3 Å². The lowest BCUT2D eigenvalue weighted by Gasteiger charge is -2.27. The zero-order valence-electron chi connectivity index (χ0n) is 16.7. The Morgan fingerprint density at radius 1 is 1.09 bits per heavy atom. The maximum Gasteiger partial charge on any atom is 0.407 e.